The minimum Gasteiger partial charge on any atom is -0.472 e. The zero-order valence-corrected chi connectivity index (χ0v) is 13.3. The number of carbonyl (C=O) groups is 1. The lowest BCUT2D eigenvalue weighted by Gasteiger charge is -2.06. The molecule has 5 nitrogen and oxygen atoms in total. The number of aromatic nitrogens is 2. The average molecular weight is 360 g/mol. The number of hydrogen-bond donors (Lipinski definition) is 1. The van der Waals surface area contributed by atoms with Gasteiger partial charge in [0.05, 0.1) is 30.8 Å². The maximum Gasteiger partial charge on any atom is 0.252 e. The van der Waals surface area contributed by atoms with Gasteiger partial charge in [-0.1, -0.05) is 12.1 Å². The third-order valence-corrected chi connectivity index (χ3v) is 3.92. The number of amides is 1. The number of benzene rings is 1. The minimum absolute atomic E-state index is 0.102. The van der Waals surface area contributed by atoms with Crippen LogP contribution in [0.2, 0.25) is 0 Å². The molecule has 2 aromatic heterocycles. The molecule has 0 bridgehead atoms. The molecule has 3 aromatic rings. The lowest BCUT2D eigenvalue weighted by molar-refractivity contribution is 0.0951. The zero-order valence-electron chi connectivity index (χ0n) is 11.7. The van der Waals surface area contributed by atoms with E-state index in [0.29, 0.717) is 18.7 Å². The lowest BCUT2D eigenvalue weighted by atomic mass is 10.2. The lowest BCUT2D eigenvalue weighted by Crippen LogP contribution is -2.27. The van der Waals surface area contributed by atoms with Gasteiger partial charge in [0.25, 0.3) is 5.91 Å². The molecule has 0 fully saturated rings. The van der Waals surface area contributed by atoms with Gasteiger partial charge in [-0.05, 0) is 34.1 Å². The molecule has 1 N–H and O–H groups in total. The number of rotatable bonds is 5. The van der Waals surface area contributed by atoms with Crippen LogP contribution in [0.1, 0.15) is 10.4 Å². The van der Waals surface area contributed by atoms with Crippen LogP contribution < -0.4 is 5.32 Å². The Morgan fingerprint density at radius 3 is 2.91 bits per heavy atom. The molecule has 0 saturated heterocycles. The Kier molecular flexibility index (Phi) is 4.39. The van der Waals surface area contributed by atoms with Gasteiger partial charge < -0.3 is 9.73 Å². The minimum atomic E-state index is -0.102. The monoisotopic (exact) mass is 359 g/mol. The summed E-state index contributed by atoms with van der Waals surface area (Å²) in [5.74, 6) is -0.102. The van der Waals surface area contributed by atoms with Crippen LogP contribution in [0.25, 0.3) is 11.1 Å². The molecular weight excluding hydrogens is 346 g/mol. The normalized spacial score (nSPS) is 10.6. The zero-order chi connectivity index (χ0) is 15.4. The fourth-order valence-electron chi connectivity index (χ4n) is 2.09. The number of nitrogens with one attached hydrogen (secondary N) is 1. The molecule has 0 unspecified atom stereocenters. The van der Waals surface area contributed by atoms with Crippen molar-refractivity contribution in [2.45, 2.75) is 6.54 Å². The fraction of sp³-hybridized carbons (Fsp3) is 0.125. The Hall–Kier alpha value is -2.34. The van der Waals surface area contributed by atoms with Crippen molar-refractivity contribution in [2.75, 3.05) is 6.54 Å². The number of halogens is 1. The molecule has 112 valence electrons. The third-order valence-electron chi connectivity index (χ3n) is 3.23. The largest absolute Gasteiger partial charge is 0.472 e. The molecule has 0 radical (unpaired) electrons. The van der Waals surface area contributed by atoms with Gasteiger partial charge in [-0.2, -0.15) is 5.10 Å². The van der Waals surface area contributed by atoms with Crippen molar-refractivity contribution in [1.82, 2.24) is 15.1 Å². The Morgan fingerprint density at radius 2 is 2.14 bits per heavy atom. The van der Waals surface area contributed by atoms with Crippen LogP contribution in [0, 0.1) is 0 Å². The van der Waals surface area contributed by atoms with E-state index < -0.39 is 0 Å². The van der Waals surface area contributed by atoms with Gasteiger partial charge >= 0.3 is 0 Å². The van der Waals surface area contributed by atoms with Crippen LogP contribution in [0.15, 0.2) is 64.1 Å². The van der Waals surface area contributed by atoms with Gasteiger partial charge in [0.2, 0.25) is 0 Å². The average Bonchev–Trinajstić information content (AvgIpc) is 3.18. The predicted molar refractivity (Wildman–Crippen MR) is 86.4 cm³/mol. The molecule has 2 heterocycles. The number of hydrogen-bond acceptors (Lipinski definition) is 3. The van der Waals surface area contributed by atoms with Crippen LogP contribution >= 0.6 is 15.9 Å². The summed E-state index contributed by atoms with van der Waals surface area (Å²) in [5, 5.41) is 7.16. The molecule has 0 saturated carbocycles. The van der Waals surface area contributed by atoms with Gasteiger partial charge in [-0.25, -0.2) is 0 Å². The summed E-state index contributed by atoms with van der Waals surface area (Å²) in [5.41, 5.74) is 2.61. The van der Waals surface area contributed by atoms with Gasteiger partial charge in [0.15, 0.2) is 0 Å². The van der Waals surface area contributed by atoms with Crippen molar-refractivity contribution in [1.29, 1.82) is 0 Å². The van der Waals surface area contributed by atoms with E-state index in [-0.39, 0.29) is 5.91 Å². The van der Waals surface area contributed by atoms with Crippen LogP contribution in [-0.2, 0) is 6.54 Å². The number of nitrogens with zero attached hydrogens (tertiary/aromatic N) is 2. The topological polar surface area (TPSA) is 60.1 Å². The summed E-state index contributed by atoms with van der Waals surface area (Å²) >= 11 is 3.37. The molecule has 1 aromatic carbocycles. The van der Waals surface area contributed by atoms with Crippen LogP contribution in [0.3, 0.4) is 0 Å². The van der Waals surface area contributed by atoms with Crippen molar-refractivity contribution >= 4 is 21.8 Å². The highest BCUT2D eigenvalue weighted by molar-refractivity contribution is 9.10. The van der Waals surface area contributed by atoms with E-state index >= 15 is 0 Å². The Morgan fingerprint density at radius 1 is 1.27 bits per heavy atom. The first-order valence-electron chi connectivity index (χ1n) is 6.82. The van der Waals surface area contributed by atoms with E-state index in [1.165, 1.54) is 0 Å². The molecule has 3 rings (SSSR count). The first-order chi connectivity index (χ1) is 10.7. The second kappa shape index (κ2) is 6.62. The predicted octanol–water partition coefficient (Wildman–Crippen LogP) is 3.34. The number of furan rings is 1. The van der Waals surface area contributed by atoms with Crippen molar-refractivity contribution in [2.24, 2.45) is 0 Å². The fourth-order valence-corrected chi connectivity index (χ4v) is 2.55. The van der Waals surface area contributed by atoms with Crippen molar-refractivity contribution in [3.8, 4) is 11.1 Å². The highest BCUT2D eigenvalue weighted by Gasteiger charge is 2.08. The molecule has 1 amide bonds. The van der Waals surface area contributed by atoms with Crippen LogP contribution in [-0.4, -0.2) is 22.2 Å². The van der Waals surface area contributed by atoms with E-state index in [0.717, 1.165) is 15.6 Å². The van der Waals surface area contributed by atoms with Crippen molar-refractivity contribution < 1.29 is 9.21 Å². The molecule has 0 atom stereocenters. The molecule has 0 aliphatic rings. The van der Waals surface area contributed by atoms with Crippen molar-refractivity contribution in [3.63, 3.8) is 0 Å². The third kappa shape index (κ3) is 3.28. The molecule has 0 aliphatic heterocycles. The van der Waals surface area contributed by atoms with E-state index in [4.69, 9.17) is 4.42 Å². The summed E-state index contributed by atoms with van der Waals surface area (Å²) in [6.07, 6.45) is 7.01. The van der Waals surface area contributed by atoms with Crippen LogP contribution in [0.4, 0.5) is 0 Å². The van der Waals surface area contributed by atoms with E-state index in [1.54, 1.807) is 29.5 Å². The SMILES string of the molecule is O=C(NCCn1cc(-c2ccoc2)cn1)c1ccccc1Br. The Bertz CT molecular complexity index is 765. The first-order valence-corrected chi connectivity index (χ1v) is 7.61. The van der Waals surface area contributed by atoms with E-state index in [9.17, 15) is 4.79 Å². The van der Waals surface area contributed by atoms with Crippen LogP contribution in [0.5, 0.6) is 0 Å². The smallest absolute Gasteiger partial charge is 0.252 e. The molecule has 0 spiro atoms. The Labute approximate surface area is 136 Å². The van der Waals surface area contributed by atoms with Gasteiger partial charge in [0.1, 0.15) is 0 Å². The molecule has 6 heteroatoms. The summed E-state index contributed by atoms with van der Waals surface area (Å²) in [4.78, 5) is 12.1. The van der Waals surface area contributed by atoms with E-state index in [2.05, 4.69) is 26.3 Å². The second-order valence-corrected chi connectivity index (χ2v) is 5.59. The van der Waals surface area contributed by atoms with E-state index in [1.807, 2.05) is 30.5 Å². The van der Waals surface area contributed by atoms with Gasteiger partial charge in [-0.15, -0.1) is 0 Å². The van der Waals surface area contributed by atoms with Gasteiger partial charge in [-0.3, -0.25) is 9.48 Å². The van der Waals surface area contributed by atoms with Gasteiger partial charge in [0, 0.05) is 28.3 Å². The highest BCUT2D eigenvalue weighted by atomic mass is 79.9. The Balaban J connectivity index is 1.55. The first kappa shape index (κ1) is 14.6. The summed E-state index contributed by atoms with van der Waals surface area (Å²) in [6.45, 7) is 1.11. The summed E-state index contributed by atoms with van der Waals surface area (Å²) in [6, 6.07) is 9.23. The maximum atomic E-state index is 12.1. The second-order valence-electron chi connectivity index (χ2n) is 4.74. The standard InChI is InChI=1S/C16H14BrN3O2/c17-15-4-2-1-3-14(15)16(21)18-6-7-20-10-13(9-19-20)12-5-8-22-11-12/h1-5,8-11H,6-7H2,(H,18,21). The quantitative estimate of drug-likeness (QED) is 0.759. The highest BCUT2D eigenvalue weighted by Crippen LogP contribution is 2.18. The maximum absolute atomic E-state index is 12.1. The van der Waals surface area contributed by atoms with Crippen molar-refractivity contribution in [3.05, 3.63) is 65.3 Å². The summed E-state index contributed by atoms with van der Waals surface area (Å²) < 4.78 is 7.63. The summed E-state index contributed by atoms with van der Waals surface area (Å²) in [7, 11) is 0. The molecule has 22 heavy (non-hydrogen) atoms. The number of carbonyl (C=O) groups excluding carboxylic acids is 1. The molecular formula is C16H14BrN3O2. The molecule has 0 aliphatic carbocycles.